The second-order valence-corrected chi connectivity index (χ2v) is 7.37. The van der Waals surface area contributed by atoms with Crippen LogP contribution in [0, 0.1) is 19.8 Å². The predicted octanol–water partition coefficient (Wildman–Crippen LogP) is 5.29. The molecule has 4 rings (SSSR count). The molecular weight excluding hydrogens is 340 g/mol. The summed E-state index contributed by atoms with van der Waals surface area (Å²) in [5.74, 6) is 1.07. The minimum atomic E-state index is -0.397. The molecule has 5 nitrogen and oxygen atoms in total. The van der Waals surface area contributed by atoms with Crippen molar-refractivity contribution in [2.75, 3.05) is 11.9 Å². The summed E-state index contributed by atoms with van der Waals surface area (Å²) in [6.07, 6.45) is 1.74. The third kappa shape index (κ3) is 3.10. The van der Waals surface area contributed by atoms with Gasteiger partial charge in [0.1, 0.15) is 16.8 Å². The van der Waals surface area contributed by atoms with Crippen molar-refractivity contribution in [3.05, 3.63) is 58.1 Å². The Hall–Kier alpha value is -3.08. The Balaban J connectivity index is 2.05. The van der Waals surface area contributed by atoms with Gasteiger partial charge in [0.05, 0.1) is 0 Å². The SMILES string of the molecule is Cc1cc(C)c2c(-c3oc4cccnc4c3NCC(C)C)cc(=O)oc2c1. The number of nitrogens with zero attached hydrogens (tertiary/aromatic N) is 1. The molecule has 138 valence electrons. The molecule has 1 N–H and O–H groups in total. The fourth-order valence-corrected chi connectivity index (χ4v) is 3.45. The lowest BCUT2D eigenvalue weighted by molar-refractivity contribution is 0.559. The Morgan fingerprint density at radius 2 is 1.93 bits per heavy atom. The molecule has 0 spiro atoms. The van der Waals surface area contributed by atoms with Crippen molar-refractivity contribution in [3.8, 4) is 11.3 Å². The molecule has 27 heavy (non-hydrogen) atoms. The molecule has 0 atom stereocenters. The lowest BCUT2D eigenvalue weighted by atomic mass is 10.0. The first-order valence-electron chi connectivity index (χ1n) is 9.11. The van der Waals surface area contributed by atoms with E-state index in [0.717, 1.165) is 39.8 Å². The number of hydrogen-bond donors (Lipinski definition) is 1. The summed E-state index contributed by atoms with van der Waals surface area (Å²) in [6, 6.07) is 9.19. The molecule has 0 bridgehead atoms. The summed E-state index contributed by atoms with van der Waals surface area (Å²) >= 11 is 0. The molecule has 0 radical (unpaired) electrons. The zero-order chi connectivity index (χ0) is 19.1. The van der Waals surface area contributed by atoms with E-state index in [4.69, 9.17) is 8.83 Å². The number of aryl methyl sites for hydroxylation is 2. The Labute approximate surface area is 157 Å². The zero-order valence-electron chi connectivity index (χ0n) is 15.9. The van der Waals surface area contributed by atoms with Crippen LogP contribution in [0.5, 0.6) is 0 Å². The van der Waals surface area contributed by atoms with Gasteiger partial charge in [-0.25, -0.2) is 4.79 Å². The predicted molar refractivity (Wildman–Crippen MR) is 108 cm³/mol. The molecule has 0 aliphatic carbocycles. The van der Waals surface area contributed by atoms with Crippen LogP contribution in [0.15, 0.2) is 50.2 Å². The van der Waals surface area contributed by atoms with E-state index in [2.05, 4.69) is 30.2 Å². The van der Waals surface area contributed by atoms with Crippen LogP contribution in [-0.2, 0) is 0 Å². The highest BCUT2D eigenvalue weighted by atomic mass is 16.4. The standard InChI is InChI=1S/C22H22N2O3/c1-12(2)11-24-21-20-16(6-5-7-23-20)27-22(21)15-10-18(25)26-17-9-13(3)8-14(4)19(15)17/h5-10,12,24H,11H2,1-4H3. The van der Waals surface area contributed by atoms with Crippen LogP contribution in [0.3, 0.4) is 0 Å². The van der Waals surface area contributed by atoms with Crippen LogP contribution in [0.2, 0.25) is 0 Å². The maximum absolute atomic E-state index is 12.2. The van der Waals surface area contributed by atoms with Gasteiger partial charge in [0.2, 0.25) is 0 Å². The van der Waals surface area contributed by atoms with E-state index in [1.54, 1.807) is 6.20 Å². The van der Waals surface area contributed by atoms with Gasteiger partial charge in [-0.2, -0.15) is 0 Å². The van der Waals surface area contributed by atoms with Gasteiger partial charge in [-0.1, -0.05) is 19.9 Å². The minimum absolute atomic E-state index is 0.397. The number of rotatable bonds is 4. The first-order valence-corrected chi connectivity index (χ1v) is 9.11. The summed E-state index contributed by atoms with van der Waals surface area (Å²) in [5, 5.41) is 4.34. The van der Waals surface area contributed by atoms with E-state index in [0.29, 0.717) is 22.8 Å². The van der Waals surface area contributed by atoms with Crippen LogP contribution in [-0.4, -0.2) is 11.5 Å². The van der Waals surface area contributed by atoms with E-state index in [1.165, 1.54) is 6.07 Å². The van der Waals surface area contributed by atoms with Gasteiger partial charge >= 0.3 is 5.63 Å². The van der Waals surface area contributed by atoms with Gasteiger partial charge in [-0.05, 0) is 49.1 Å². The maximum Gasteiger partial charge on any atom is 0.336 e. The molecule has 5 heteroatoms. The van der Waals surface area contributed by atoms with Crippen molar-refractivity contribution < 1.29 is 8.83 Å². The number of hydrogen-bond acceptors (Lipinski definition) is 5. The van der Waals surface area contributed by atoms with Gasteiger partial charge in [-0.3, -0.25) is 4.98 Å². The minimum Gasteiger partial charge on any atom is -0.452 e. The molecule has 0 amide bonds. The number of furan rings is 1. The highest BCUT2D eigenvalue weighted by Gasteiger charge is 2.21. The van der Waals surface area contributed by atoms with Crippen LogP contribution >= 0.6 is 0 Å². The molecule has 3 aromatic heterocycles. The van der Waals surface area contributed by atoms with E-state index < -0.39 is 5.63 Å². The lowest BCUT2D eigenvalue weighted by Gasteiger charge is -2.11. The molecule has 0 saturated heterocycles. The average molecular weight is 362 g/mol. The van der Waals surface area contributed by atoms with Gasteiger partial charge < -0.3 is 14.2 Å². The van der Waals surface area contributed by atoms with Crippen LogP contribution in [0.25, 0.3) is 33.4 Å². The quantitative estimate of drug-likeness (QED) is 0.500. The molecule has 1 aromatic carbocycles. The third-order valence-electron chi connectivity index (χ3n) is 4.56. The number of benzene rings is 1. The van der Waals surface area contributed by atoms with Gasteiger partial charge in [0, 0.05) is 29.8 Å². The van der Waals surface area contributed by atoms with Crippen molar-refractivity contribution in [1.82, 2.24) is 4.98 Å². The lowest BCUT2D eigenvalue weighted by Crippen LogP contribution is -2.09. The summed E-state index contributed by atoms with van der Waals surface area (Å²) in [5.41, 5.74) is 5.24. The fraction of sp³-hybridized carbons (Fsp3) is 0.273. The van der Waals surface area contributed by atoms with Crippen molar-refractivity contribution >= 4 is 27.8 Å². The summed E-state index contributed by atoms with van der Waals surface area (Å²) in [6.45, 7) is 9.06. The van der Waals surface area contributed by atoms with E-state index in [1.807, 2.05) is 32.0 Å². The molecule has 0 saturated carbocycles. The highest BCUT2D eigenvalue weighted by Crippen LogP contribution is 2.40. The van der Waals surface area contributed by atoms with Crippen LogP contribution in [0.4, 0.5) is 5.69 Å². The van der Waals surface area contributed by atoms with Gasteiger partial charge in [0.15, 0.2) is 11.3 Å². The van der Waals surface area contributed by atoms with Crippen LogP contribution < -0.4 is 10.9 Å². The highest BCUT2D eigenvalue weighted by molar-refractivity contribution is 6.03. The van der Waals surface area contributed by atoms with Crippen molar-refractivity contribution in [2.45, 2.75) is 27.7 Å². The average Bonchev–Trinajstić information content (AvgIpc) is 2.97. The van der Waals surface area contributed by atoms with E-state index in [9.17, 15) is 4.79 Å². The first kappa shape index (κ1) is 17.3. The fourth-order valence-electron chi connectivity index (χ4n) is 3.45. The largest absolute Gasteiger partial charge is 0.452 e. The number of aromatic nitrogens is 1. The van der Waals surface area contributed by atoms with Crippen LogP contribution in [0.1, 0.15) is 25.0 Å². The molecule has 0 aliphatic rings. The van der Waals surface area contributed by atoms with E-state index in [-0.39, 0.29) is 0 Å². The molecule has 4 aromatic rings. The van der Waals surface area contributed by atoms with Crippen molar-refractivity contribution in [3.63, 3.8) is 0 Å². The number of fused-ring (bicyclic) bond motifs is 2. The van der Waals surface area contributed by atoms with Gasteiger partial charge in [0.25, 0.3) is 0 Å². The molecular formula is C22H22N2O3. The van der Waals surface area contributed by atoms with Gasteiger partial charge in [-0.15, -0.1) is 0 Å². The summed E-state index contributed by atoms with van der Waals surface area (Å²) < 4.78 is 11.6. The number of nitrogens with one attached hydrogen (secondary N) is 1. The molecule has 0 aliphatic heterocycles. The Morgan fingerprint density at radius 3 is 2.70 bits per heavy atom. The second kappa shape index (κ2) is 6.58. The first-order chi connectivity index (χ1) is 12.9. The Morgan fingerprint density at radius 1 is 1.11 bits per heavy atom. The second-order valence-electron chi connectivity index (χ2n) is 7.37. The molecule has 3 heterocycles. The Kier molecular flexibility index (Phi) is 4.22. The van der Waals surface area contributed by atoms with Crippen molar-refractivity contribution in [1.29, 1.82) is 0 Å². The molecule has 0 fully saturated rings. The maximum atomic E-state index is 12.2. The van der Waals surface area contributed by atoms with Crippen molar-refractivity contribution in [2.24, 2.45) is 5.92 Å². The monoisotopic (exact) mass is 362 g/mol. The number of pyridine rings is 1. The normalized spacial score (nSPS) is 11.6. The topological polar surface area (TPSA) is 68.3 Å². The molecule has 0 unspecified atom stereocenters. The van der Waals surface area contributed by atoms with E-state index >= 15 is 0 Å². The summed E-state index contributed by atoms with van der Waals surface area (Å²) in [7, 11) is 0. The Bertz CT molecular complexity index is 1200. The smallest absolute Gasteiger partial charge is 0.336 e. The third-order valence-corrected chi connectivity index (χ3v) is 4.56. The zero-order valence-corrected chi connectivity index (χ0v) is 15.9. The summed E-state index contributed by atoms with van der Waals surface area (Å²) in [4.78, 5) is 16.7. The number of anilines is 1.